The molecule has 0 aromatic rings. The Bertz CT molecular complexity index is 542. The van der Waals surface area contributed by atoms with E-state index in [-0.39, 0.29) is 24.0 Å². The number of carbonyl (C=O) groups is 2. The van der Waals surface area contributed by atoms with Crippen molar-refractivity contribution in [1.82, 2.24) is 5.32 Å². The Morgan fingerprint density at radius 2 is 2.23 bits per heavy atom. The summed E-state index contributed by atoms with van der Waals surface area (Å²) in [7, 11) is 0. The Hall–Kier alpha value is -0.410. The third kappa shape index (κ3) is 1.67. The lowest BCUT2D eigenvalue weighted by Crippen LogP contribution is -2.80. The lowest BCUT2D eigenvalue weighted by Gasteiger charge is -2.54. The second-order valence-corrected chi connectivity index (χ2v) is 8.08. The number of esters is 1. The smallest absolute Gasteiger partial charge is 0.339 e. The molecule has 3 aliphatic heterocycles. The van der Waals surface area contributed by atoms with Gasteiger partial charge in [-0.25, -0.2) is 4.79 Å². The van der Waals surface area contributed by atoms with Gasteiger partial charge in [0.25, 0.3) is 0 Å². The highest BCUT2D eigenvalue weighted by molar-refractivity contribution is 14.1. The molecule has 22 heavy (non-hydrogen) atoms. The molecule has 0 aromatic carbocycles. The number of hydrogen-bond acceptors (Lipinski definition) is 5. The first kappa shape index (κ1) is 15.1. The van der Waals surface area contributed by atoms with Crippen molar-refractivity contribution in [3.8, 4) is 0 Å². The summed E-state index contributed by atoms with van der Waals surface area (Å²) in [6, 6.07) is 0. The standard InChI is InChI=1S/C15H20INO5/c1-14-8(5-6-16)12(19)17-15(14,13(20)22-14)11(18)7-3-2-4-9-10(7)21-9/h7-11,18H,2-6H2,1H3,(H,17,19)/t7?,8-,9?,10?,11?,14-,15-/m0/s1. The van der Waals surface area contributed by atoms with Crippen LogP contribution in [0.1, 0.15) is 32.6 Å². The second kappa shape index (κ2) is 4.80. The average Bonchev–Trinajstić information content (AvgIpc) is 3.25. The zero-order valence-electron chi connectivity index (χ0n) is 12.4. The van der Waals surface area contributed by atoms with Gasteiger partial charge in [-0.15, -0.1) is 0 Å². The predicted octanol–water partition coefficient (Wildman–Crippen LogP) is 0.540. The average molecular weight is 421 g/mol. The van der Waals surface area contributed by atoms with E-state index in [0.717, 1.165) is 23.7 Å². The summed E-state index contributed by atoms with van der Waals surface area (Å²) in [6.45, 7) is 1.78. The van der Waals surface area contributed by atoms with E-state index in [0.29, 0.717) is 6.42 Å². The first-order chi connectivity index (χ1) is 10.5. The van der Waals surface area contributed by atoms with Crippen molar-refractivity contribution in [3.63, 3.8) is 0 Å². The molecule has 0 aromatic heterocycles. The molecule has 1 saturated carbocycles. The third-order valence-electron chi connectivity index (χ3n) is 6.03. The minimum atomic E-state index is -1.29. The monoisotopic (exact) mass is 421 g/mol. The van der Waals surface area contributed by atoms with Crippen molar-refractivity contribution in [2.75, 3.05) is 4.43 Å². The Morgan fingerprint density at radius 3 is 2.91 bits per heavy atom. The van der Waals surface area contributed by atoms with Crippen LogP contribution in [-0.4, -0.2) is 50.9 Å². The molecular weight excluding hydrogens is 401 g/mol. The number of hydrogen-bond donors (Lipinski definition) is 2. The summed E-state index contributed by atoms with van der Waals surface area (Å²) in [5.41, 5.74) is -2.24. The van der Waals surface area contributed by atoms with Crippen LogP contribution >= 0.6 is 22.6 Å². The number of amides is 1. The number of ether oxygens (including phenoxy) is 2. The van der Waals surface area contributed by atoms with Crippen LogP contribution in [0.4, 0.5) is 0 Å². The summed E-state index contributed by atoms with van der Waals surface area (Å²) in [4.78, 5) is 24.7. The van der Waals surface area contributed by atoms with Crippen molar-refractivity contribution in [3.05, 3.63) is 0 Å². The normalized spacial score (nSPS) is 50.3. The van der Waals surface area contributed by atoms with Crippen molar-refractivity contribution < 1.29 is 24.2 Å². The maximum atomic E-state index is 12.4. The number of halogens is 1. The minimum absolute atomic E-state index is 0.0244. The van der Waals surface area contributed by atoms with Crippen molar-refractivity contribution in [2.24, 2.45) is 11.8 Å². The van der Waals surface area contributed by atoms with E-state index < -0.39 is 29.1 Å². The van der Waals surface area contributed by atoms with Gasteiger partial charge in [-0.05, 0) is 26.2 Å². The van der Waals surface area contributed by atoms with E-state index in [9.17, 15) is 14.7 Å². The van der Waals surface area contributed by atoms with Crippen LogP contribution in [0.25, 0.3) is 0 Å². The Labute approximate surface area is 142 Å². The topological polar surface area (TPSA) is 88.2 Å². The number of alkyl halides is 1. The van der Waals surface area contributed by atoms with Gasteiger partial charge in [-0.3, -0.25) is 4.79 Å². The number of fused-ring (bicyclic) bond motifs is 2. The number of rotatable bonds is 4. The van der Waals surface area contributed by atoms with Crippen LogP contribution < -0.4 is 5.32 Å². The van der Waals surface area contributed by atoms with Crippen LogP contribution in [0.2, 0.25) is 0 Å². The fourth-order valence-corrected chi connectivity index (χ4v) is 5.33. The Balaban J connectivity index is 1.66. The molecule has 122 valence electrons. The number of epoxide rings is 1. The summed E-state index contributed by atoms with van der Waals surface area (Å²) < 4.78 is 11.8. The molecule has 1 amide bonds. The van der Waals surface area contributed by atoms with E-state index in [2.05, 4.69) is 27.9 Å². The molecule has 6 nitrogen and oxygen atoms in total. The molecule has 3 saturated heterocycles. The van der Waals surface area contributed by atoms with Crippen LogP contribution in [0, 0.1) is 11.8 Å². The SMILES string of the molecule is C[C@@]12OC(=O)[C@]1(C(O)C1CCCC3OC31)NC(=O)[C@@H]2CCI. The summed E-state index contributed by atoms with van der Waals surface area (Å²) in [5, 5.41) is 13.8. The maximum absolute atomic E-state index is 12.4. The highest BCUT2D eigenvalue weighted by Crippen LogP contribution is 2.55. The Morgan fingerprint density at radius 1 is 1.45 bits per heavy atom. The van der Waals surface area contributed by atoms with Gasteiger partial charge in [0, 0.05) is 10.3 Å². The van der Waals surface area contributed by atoms with Gasteiger partial charge in [-0.2, -0.15) is 0 Å². The van der Waals surface area contributed by atoms with E-state index in [1.807, 2.05) is 0 Å². The second-order valence-electron chi connectivity index (χ2n) is 7.00. The van der Waals surface area contributed by atoms with Gasteiger partial charge in [-0.1, -0.05) is 29.0 Å². The van der Waals surface area contributed by atoms with Gasteiger partial charge in [0.1, 0.15) is 0 Å². The molecule has 4 unspecified atom stereocenters. The van der Waals surface area contributed by atoms with Gasteiger partial charge >= 0.3 is 5.97 Å². The van der Waals surface area contributed by atoms with Gasteiger partial charge in [0.05, 0.1) is 24.2 Å². The largest absolute Gasteiger partial charge is 0.453 e. The lowest BCUT2D eigenvalue weighted by molar-refractivity contribution is -0.240. The van der Waals surface area contributed by atoms with Crippen molar-refractivity contribution in [2.45, 2.75) is 62.1 Å². The lowest BCUT2D eigenvalue weighted by atomic mass is 9.64. The molecular formula is C15H20INO5. The first-order valence-corrected chi connectivity index (χ1v) is 9.43. The zero-order valence-corrected chi connectivity index (χ0v) is 14.5. The predicted molar refractivity (Wildman–Crippen MR) is 84.4 cm³/mol. The number of carbonyl (C=O) groups excluding carboxylic acids is 2. The molecule has 7 atom stereocenters. The van der Waals surface area contributed by atoms with E-state index in [4.69, 9.17) is 9.47 Å². The Kier molecular flexibility index (Phi) is 3.30. The van der Waals surface area contributed by atoms with E-state index in [1.165, 1.54) is 0 Å². The molecule has 0 bridgehead atoms. The van der Waals surface area contributed by atoms with Gasteiger partial charge < -0.3 is 19.9 Å². The molecule has 0 radical (unpaired) electrons. The molecule has 1 aliphatic carbocycles. The highest BCUT2D eigenvalue weighted by atomic mass is 127. The fraction of sp³-hybridized carbons (Fsp3) is 0.867. The summed E-state index contributed by atoms with van der Waals surface area (Å²) >= 11 is 2.21. The number of aliphatic hydroxyl groups excluding tert-OH is 1. The molecule has 2 N–H and O–H groups in total. The first-order valence-electron chi connectivity index (χ1n) is 7.90. The van der Waals surface area contributed by atoms with Gasteiger partial charge in [0.2, 0.25) is 11.4 Å². The highest BCUT2D eigenvalue weighted by Gasteiger charge is 2.80. The number of nitrogens with one attached hydrogen (secondary N) is 1. The van der Waals surface area contributed by atoms with Crippen LogP contribution in [0.5, 0.6) is 0 Å². The van der Waals surface area contributed by atoms with Crippen LogP contribution in [0.3, 0.4) is 0 Å². The fourth-order valence-electron chi connectivity index (χ4n) is 4.71. The van der Waals surface area contributed by atoms with Crippen molar-refractivity contribution in [1.29, 1.82) is 0 Å². The van der Waals surface area contributed by atoms with Crippen molar-refractivity contribution >= 4 is 34.5 Å². The molecule has 0 spiro atoms. The van der Waals surface area contributed by atoms with E-state index in [1.54, 1.807) is 6.92 Å². The molecule has 4 aliphatic rings. The molecule has 7 heteroatoms. The molecule has 4 fully saturated rings. The van der Waals surface area contributed by atoms with Crippen LogP contribution in [-0.2, 0) is 19.1 Å². The zero-order chi connectivity index (χ0) is 15.7. The number of aliphatic hydroxyl groups is 1. The molecule has 3 heterocycles. The quantitative estimate of drug-likeness (QED) is 0.300. The third-order valence-corrected chi connectivity index (χ3v) is 6.65. The minimum Gasteiger partial charge on any atom is -0.453 e. The summed E-state index contributed by atoms with van der Waals surface area (Å²) in [5.74, 6) is -1.19. The molecule has 4 rings (SSSR count). The summed E-state index contributed by atoms with van der Waals surface area (Å²) in [6.07, 6.45) is 2.75. The maximum Gasteiger partial charge on any atom is 0.339 e. The van der Waals surface area contributed by atoms with Crippen LogP contribution in [0.15, 0.2) is 0 Å². The van der Waals surface area contributed by atoms with Gasteiger partial charge in [0.15, 0.2) is 5.60 Å². The van der Waals surface area contributed by atoms with E-state index >= 15 is 0 Å².